The quantitative estimate of drug-likeness (QED) is 0.506. The molecule has 1 fully saturated rings. The molecule has 0 bridgehead atoms. The van der Waals surface area contributed by atoms with E-state index in [0.717, 1.165) is 15.4 Å². The maximum absolute atomic E-state index is 12.0. The third-order valence-electron chi connectivity index (χ3n) is 3.29. The number of carbonyl (C=O) groups excluding carboxylic acids is 3. The lowest BCUT2D eigenvalue weighted by Crippen LogP contribution is -2.41. The molecular formula is C16H18N2O4S. The van der Waals surface area contributed by atoms with Gasteiger partial charge in [0.25, 0.3) is 5.91 Å². The van der Waals surface area contributed by atoms with Crippen molar-refractivity contribution in [1.82, 2.24) is 10.2 Å². The second-order valence-corrected chi connectivity index (χ2v) is 5.79. The third kappa shape index (κ3) is 4.59. The summed E-state index contributed by atoms with van der Waals surface area (Å²) in [6.45, 7) is 2.15. The lowest BCUT2D eigenvalue weighted by molar-refractivity contribution is -0.153. The minimum Gasteiger partial charge on any atom is -0.449 e. The maximum Gasteiger partial charge on any atom is 0.331 e. The molecule has 1 N–H and O–H groups in total. The van der Waals surface area contributed by atoms with Crippen molar-refractivity contribution in [3.05, 3.63) is 35.9 Å². The van der Waals surface area contributed by atoms with E-state index < -0.39 is 24.0 Å². The highest BCUT2D eigenvalue weighted by Gasteiger charge is 2.31. The Labute approximate surface area is 138 Å². The summed E-state index contributed by atoms with van der Waals surface area (Å²) in [4.78, 5) is 37.3. The number of amides is 3. The summed E-state index contributed by atoms with van der Waals surface area (Å²) in [5, 5.41) is 2.52. The fourth-order valence-electron chi connectivity index (χ4n) is 2.04. The van der Waals surface area contributed by atoms with E-state index in [1.807, 2.05) is 30.5 Å². The molecule has 122 valence electrons. The zero-order valence-corrected chi connectivity index (χ0v) is 13.8. The standard InChI is InChI=1S/C16H18N2O4S/c1-11(15(20)18-10-9-17-16(18)21)22-14(19)8-5-12-3-6-13(23-2)7-4-12/h3-8,11H,9-10H2,1-2H3,(H,17,21)/b8-5+/t11-/m0/s1. The number of ether oxygens (including phenoxy) is 1. The molecule has 1 saturated heterocycles. The normalized spacial score (nSPS) is 15.6. The van der Waals surface area contributed by atoms with Gasteiger partial charge in [-0.3, -0.25) is 9.69 Å². The number of hydrogen-bond acceptors (Lipinski definition) is 5. The monoisotopic (exact) mass is 334 g/mol. The molecule has 1 aliphatic rings. The number of nitrogens with zero attached hydrogens (tertiary/aromatic N) is 1. The molecule has 3 amide bonds. The highest BCUT2D eigenvalue weighted by molar-refractivity contribution is 7.98. The molecule has 0 aromatic heterocycles. The predicted octanol–water partition coefficient (Wildman–Crippen LogP) is 1.91. The van der Waals surface area contributed by atoms with E-state index in [1.165, 1.54) is 13.0 Å². The second-order valence-electron chi connectivity index (χ2n) is 4.91. The van der Waals surface area contributed by atoms with Gasteiger partial charge in [-0.25, -0.2) is 9.59 Å². The van der Waals surface area contributed by atoms with Gasteiger partial charge in [-0.2, -0.15) is 0 Å². The Hall–Kier alpha value is -2.28. The number of rotatable bonds is 5. The van der Waals surface area contributed by atoms with Crippen molar-refractivity contribution in [2.24, 2.45) is 0 Å². The smallest absolute Gasteiger partial charge is 0.331 e. The van der Waals surface area contributed by atoms with Crippen molar-refractivity contribution in [3.63, 3.8) is 0 Å². The van der Waals surface area contributed by atoms with Crippen LogP contribution >= 0.6 is 11.8 Å². The highest BCUT2D eigenvalue weighted by Crippen LogP contribution is 2.15. The van der Waals surface area contributed by atoms with Crippen LogP contribution in [0.3, 0.4) is 0 Å². The van der Waals surface area contributed by atoms with Crippen LogP contribution in [0.5, 0.6) is 0 Å². The molecule has 7 heteroatoms. The van der Waals surface area contributed by atoms with Crippen LogP contribution < -0.4 is 5.32 Å². The molecule has 1 aliphatic heterocycles. The summed E-state index contributed by atoms with van der Waals surface area (Å²) < 4.78 is 5.04. The van der Waals surface area contributed by atoms with Gasteiger partial charge in [-0.05, 0) is 37.0 Å². The summed E-state index contributed by atoms with van der Waals surface area (Å²) in [7, 11) is 0. The SMILES string of the molecule is CSc1ccc(/C=C/C(=O)O[C@@H](C)C(=O)N2CCNC2=O)cc1. The van der Waals surface area contributed by atoms with Gasteiger partial charge in [0.1, 0.15) is 0 Å². The molecule has 0 spiro atoms. The van der Waals surface area contributed by atoms with Crippen LogP contribution in [0.1, 0.15) is 12.5 Å². The van der Waals surface area contributed by atoms with E-state index >= 15 is 0 Å². The Kier molecular flexibility index (Phi) is 5.81. The van der Waals surface area contributed by atoms with Crippen LogP contribution in [0.2, 0.25) is 0 Å². The van der Waals surface area contributed by atoms with Crippen LogP contribution in [0, 0.1) is 0 Å². The average molecular weight is 334 g/mol. The number of imide groups is 1. The van der Waals surface area contributed by atoms with Crippen LogP contribution in [0.25, 0.3) is 6.08 Å². The van der Waals surface area contributed by atoms with E-state index in [9.17, 15) is 14.4 Å². The zero-order chi connectivity index (χ0) is 16.8. The van der Waals surface area contributed by atoms with Crippen molar-refractivity contribution < 1.29 is 19.1 Å². The fraction of sp³-hybridized carbons (Fsp3) is 0.312. The molecule has 2 rings (SSSR count). The van der Waals surface area contributed by atoms with E-state index in [0.29, 0.717) is 6.54 Å². The Morgan fingerprint density at radius 3 is 2.61 bits per heavy atom. The van der Waals surface area contributed by atoms with Crippen molar-refractivity contribution in [2.75, 3.05) is 19.3 Å². The molecule has 6 nitrogen and oxygen atoms in total. The number of esters is 1. The highest BCUT2D eigenvalue weighted by atomic mass is 32.2. The van der Waals surface area contributed by atoms with Crippen molar-refractivity contribution >= 4 is 35.7 Å². The topological polar surface area (TPSA) is 75.7 Å². The summed E-state index contributed by atoms with van der Waals surface area (Å²) in [6.07, 6.45) is 3.87. The van der Waals surface area contributed by atoms with Crippen molar-refractivity contribution in [1.29, 1.82) is 0 Å². The Morgan fingerprint density at radius 2 is 2.04 bits per heavy atom. The summed E-state index contributed by atoms with van der Waals surface area (Å²) >= 11 is 1.64. The van der Waals surface area contributed by atoms with Gasteiger partial charge in [0.15, 0.2) is 6.10 Å². The summed E-state index contributed by atoms with van der Waals surface area (Å²) in [6, 6.07) is 7.22. The van der Waals surface area contributed by atoms with Crippen LogP contribution in [-0.4, -0.2) is 48.3 Å². The lowest BCUT2D eigenvalue weighted by Gasteiger charge is -2.17. The molecule has 1 heterocycles. The Morgan fingerprint density at radius 1 is 1.35 bits per heavy atom. The van der Waals surface area contributed by atoms with Gasteiger partial charge in [0.2, 0.25) is 0 Å². The van der Waals surface area contributed by atoms with E-state index in [1.54, 1.807) is 17.8 Å². The largest absolute Gasteiger partial charge is 0.449 e. The maximum atomic E-state index is 12.0. The number of benzene rings is 1. The second kappa shape index (κ2) is 7.82. The molecule has 1 aromatic carbocycles. The first-order chi connectivity index (χ1) is 11.0. The lowest BCUT2D eigenvalue weighted by atomic mass is 10.2. The Bertz CT molecular complexity index is 627. The minimum absolute atomic E-state index is 0.289. The number of urea groups is 1. The van der Waals surface area contributed by atoms with E-state index in [4.69, 9.17) is 4.74 Å². The average Bonchev–Trinajstić information content (AvgIpc) is 2.98. The van der Waals surface area contributed by atoms with Crippen molar-refractivity contribution in [3.8, 4) is 0 Å². The molecule has 0 aliphatic carbocycles. The Balaban J connectivity index is 1.89. The first kappa shape index (κ1) is 17.1. The molecular weight excluding hydrogens is 316 g/mol. The fourth-order valence-corrected chi connectivity index (χ4v) is 2.45. The first-order valence-corrected chi connectivity index (χ1v) is 8.35. The predicted molar refractivity (Wildman–Crippen MR) is 87.9 cm³/mol. The molecule has 1 atom stereocenters. The molecule has 0 saturated carbocycles. The van der Waals surface area contributed by atoms with Gasteiger partial charge >= 0.3 is 12.0 Å². The minimum atomic E-state index is -1.00. The van der Waals surface area contributed by atoms with Gasteiger partial charge in [0.05, 0.1) is 0 Å². The molecule has 23 heavy (non-hydrogen) atoms. The third-order valence-corrected chi connectivity index (χ3v) is 4.03. The summed E-state index contributed by atoms with van der Waals surface area (Å²) in [5.74, 6) is -1.15. The van der Waals surface area contributed by atoms with Crippen LogP contribution in [-0.2, 0) is 14.3 Å². The van der Waals surface area contributed by atoms with Crippen molar-refractivity contribution in [2.45, 2.75) is 17.9 Å². The molecule has 0 radical (unpaired) electrons. The number of thioether (sulfide) groups is 1. The zero-order valence-electron chi connectivity index (χ0n) is 12.9. The number of carbonyl (C=O) groups is 3. The molecule has 1 aromatic rings. The summed E-state index contributed by atoms with van der Waals surface area (Å²) in [5.41, 5.74) is 0.859. The van der Waals surface area contributed by atoms with E-state index in [2.05, 4.69) is 5.32 Å². The van der Waals surface area contributed by atoms with E-state index in [-0.39, 0.29) is 6.54 Å². The van der Waals surface area contributed by atoms with Gasteiger partial charge in [-0.15, -0.1) is 11.8 Å². The molecule has 0 unspecified atom stereocenters. The van der Waals surface area contributed by atoms with Crippen LogP contribution in [0.15, 0.2) is 35.2 Å². The number of nitrogens with one attached hydrogen (secondary N) is 1. The van der Waals surface area contributed by atoms with Gasteiger partial charge in [0, 0.05) is 24.1 Å². The van der Waals surface area contributed by atoms with Gasteiger partial charge < -0.3 is 10.1 Å². The first-order valence-electron chi connectivity index (χ1n) is 7.13. The van der Waals surface area contributed by atoms with Crippen LogP contribution in [0.4, 0.5) is 4.79 Å². The number of hydrogen-bond donors (Lipinski definition) is 1. The van der Waals surface area contributed by atoms with Gasteiger partial charge in [-0.1, -0.05) is 12.1 Å².